The van der Waals surface area contributed by atoms with Crippen molar-refractivity contribution in [1.82, 2.24) is 0 Å². The van der Waals surface area contributed by atoms with Crippen molar-refractivity contribution in [3.05, 3.63) is 64.7 Å². The second kappa shape index (κ2) is 7.30. The lowest BCUT2D eigenvalue weighted by atomic mass is 9.99. The van der Waals surface area contributed by atoms with Crippen molar-refractivity contribution in [2.45, 2.75) is 26.2 Å². The van der Waals surface area contributed by atoms with E-state index >= 15 is 0 Å². The van der Waals surface area contributed by atoms with Crippen LogP contribution in [0.5, 0.6) is 0 Å². The van der Waals surface area contributed by atoms with Gasteiger partial charge in [-0.1, -0.05) is 29.8 Å². The third-order valence-electron chi connectivity index (χ3n) is 4.16. The minimum Gasteiger partial charge on any atom is -0.457 e. The fourth-order valence-corrected chi connectivity index (χ4v) is 2.71. The Bertz CT molecular complexity index is 824. The number of rotatable bonds is 5. The molecule has 1 aliphatic heterocycles. The number of hydrogen-bond acceptors (Lipinski definition) is 4. The SMILES string of the molecule is Cc1ccc(CC(=O)OCC(=O)c2ccc3c(c2)CCC(=O)N3)cc1. The standard InChI is InChI=1S/C20H19NO4/c1-13-2-4-14(5-3-13)10-20(24)25-12-18(22)16-6-8-17-15(11-16)7-9-19(23)21-17/h2-6,8,11H,7,9-10,12H2,1H3,(H,21,23). The topological polar surface area (TPSA) is 72.5 Å². The van der Waals surface area contributed by atoms with Crippen molar-refractivity contribution in [2.75, 3.05) is 11.9 Å². The average molecular weight is 337 g/mol. The van der Waals surface area contributed by atoms with Crippen molar-refractivity contribution in [1.29, 1.82) is 0 Å². The molecule has 2 aromatic rings. The summed E-state index contributed by atoms with van der Waals surface area (Å²) in [5, 5.41) is 2.77. The summed E-state index contributed by atoms with van der Waals surface area (Å²) in [6, 6.07) is 12.7. The average Bonchev–Trinajstić information content (AvgIpc) is 2.61. The molecule has 0 spiro atoms. The van der Waals surface area contributed by atoms with E-state index in [1.54, 1.807) is 18.2 Å². The number of anilines is 1. The van der Waals surface area contributed by atoms with E-state index in [4.69, 9.17) is 4.74 Å². The molecule has 5 heteroatoms. The van der Waals surface area contributed by atoms with Gasteiger partial charge in [-0.25, -0.2) is 0 Å². The number of nitrogens with one attached hydrogen (secondary N) is 1. The fraction of sp³-hybridized carbons (Fsp3) is 0.250. The Morgan fingerprint density at radius 2 is 1.84 bits per heavy atom. The second-order valence-electron chi connectivity index (χ2n) is 6.17. The van der Waals surface area contributed by atoms with Crippen LogP contribution in [0.4, 0.5) is 5.69 Å². The van der Waals surface area contributed by atoms with E-state index in [9.17, 15) is 14.4 Å². The predicted octanol–water partition coefficient (Wildman–Crippen LogP) is 2.85. The van der Waals surface area contributed by atoms with E-state index in [1.807, 2.05) is 31.2 Å². The first-order chi connectivity index (χ1) is 12.0. The molecule has 0 saturated heterocycles. The zero-order valence-corrected chi connectivity index (χ0v) is 14.0. The molecule has 5 nitrogen and oxygen atoms in total. The van der Waals surface area contributed by atoms with Gasteiger partial charge in [-0.15, -0.1) is 0 Å². The van der Waals surface area contributed by atoms with Crippen LogP contribution in [0.15, 0.2) is 42.5 Å². The zero-order chi connectivity index (χ0) is 17.8. The zero-order valence-electron chi connectivity index (χ0n) is 14.0. The van der Waals surface area contributed by atoms with Crippen LogP contribution in [0.1, 0.15) is 33.5 Å². The molecule has 1 aliphatic rings. The van der Waals surface area contributed by atoms with Crippen molar-refractivity contribution in [2.24, 2.45) is 0 Å². The number of hydrogen-bond donors (Lipinski definition) is 1. The van der Waals surface area contributed by atoms with Crippen LogP contribution in [0, 0.1) is 6.92 Å². The lowest BCUT2D eigenvalue weighted by molar-refractivity contribution is -0.141. The number of Topliss-reactive ketones (excluding diaryl/α,β-unsaturated/α-hetero) is 1. The molecule has 0 unspecified atom stereocenters. The summed E-state index contributed by atoms with van der Waals surface area (Å²) in [4.78, 5) is 35.5. The Labute approximate surface area is 146 Å². The van der Waals surface area contributed by atoms with E-state index < -0.39 is 5.97 Å². The van der Waals surface area contributed by atoms with Gasteiger partial charge in [0.2, 0.25) is 5.91 Å². The van der Waals surface area contributed by atoms with E-state index in [-0.39, 0.29) is 24.7 Å². The van der Waals surface area contributed by atoms with Gasteiger partial charge >= 0.3 is 5.97 Å². The molecule has 128 valence electrons. The maximum Gasteiger partial charge on any atom is 0.310 e. The lowest BCUT2D eigenvalue weighted by Crippen LogP contribution is -2.20. The number of ketones is 1. The highest BCUT2D eigenvalue weighted by Gasteiger charge is 2.17. The number of carbonyl (C=O) groups excluding carboxylic acids is 3. The maximum atomic E-state index is 12.2. The molecule has 0 aliphatic carbocycles. The lowest BCUT2D eigenvalue weighted by Gasteiger charge is -2.17. The molecule has 0 aromatic heterocycles. The summed E-state index contributed by atoms with van der Waals surface area (Å²) < 4.78 is 5.10. The first kappa shape index (κ1) is 16.9. The molecule has 2 aromatic carbocycles. The smallest absolute Gasteiger partial charge is 0.310 e. The maximum absolute atomic E-state index is 12.2. The molecule has 1 heterocycles. The van der Waals surface area contributed by atoms with Crippen molar-refractivity contribution >= 4 is 23.3 Å². The van der Waals surface area contributed by atoms with Crippen LogP contribution in [0.25, 0.3) is 0 Å². The molecular weight excluding hydrogens is 318 g/mol. The van der Waals surface area contributed by atoms with Gasteiger partial charge in [0.15, 0.2) is 12.4 Å². The quantitative estimate of drug-likeness (QED) is 0.673. The minimum atomic E-state index is -0.428. The molecular formula is C20H19NO4. The number of fused-ring (bicyclic) bond motifs is 1. The van der Waals surface area contributed by atoms with Gasteiger partial charge < -0.3 is 10.1 Å². The van der Waals surface area contributed by atoms with Crippen LogP contribution >= 0.6 is 0 Å². The molecule has 1 N–H and O–H groups in total. The Balaban J connectivity index is 1.56. The number of benzene rings is 2. The van der Waals surface area contributed by atoms with Crippen LogP contribution in [0.3, 0.4) is 0 Å². The Morgan fingerprint density at radius 1 is 1.08 bits per heavy atom. The van der Waals surface area contributed by atoms with Crippen LogP contribution in [-0.4, -0.2) is 24.3 Å². The number of aryl methyl sites for hydroxylation is 2. The monoisotopic (exact) mass is 337 g/mol. The molecule has 25 heavy (non-hydrogen) atoms. The Morgan fingerprint density at radius 3 is 2.60 bits per heavy atom. The summed E-state index contributed by atoms with van der Waals surface area (Å²) >= 11 is 0. The van der Waals surface area contributed by atoms with E-state index in [1.165, 1.54) is 0 Å². The van der Waals surface area contributed by atoms with E-state index in [0.717, 1.165) is 22.4 Å². The number of carbonyl (C=O) groups is 3. The van der Waals surface area contributed by atoms with Crippen LogP contribution in [0.2, 0.25) is 0 Å². The largest absolute Gasteiger partial charge is 0.457 e. The van der Waals surface area contributed by atoms with Gasteiger partial charge in [-0.2, -0.15) is 0 Å². The first-order valence-corrected chi connectivity index (χ1v) is 8.18. The minimum absolute atomic E-state index is 0.0170. The number of esters is 1. The van der Waals surface area contributed by atoms with Gasteiger partial charge in [0.05, 0.1) is 6.42 Å². The second-order valence-corrected chi connectivity index (χ2v) is 6.17. The highest BCUT2D eigenvalue weighted by atomic mass is 16.5. The predicted molar refractivity (Wildman–Crippen MR) is 93.6 cm³/mol. The van der Waals surface area contributed by atoms with Crippen molar-refractivity contribution < 1.29 is 19.1 Å². The molecule has 0 saturated carbocycles. The number of ether oxygens (including phenoxy) is 1. The summed E-state index contributed by atoms with van der Waals surface area (Å²) in [6.45, 7) is 1.70. The first-order valence-electron chi connectivity index (χ1n) is 8.18. The van der Waals surface area contributed by atoms with E-state index in [0.29, 0.717) is 18.4 Å². The van der Waals surface area contributed by atoms with Gasteiger partial charge in [0.25, 0.3) is 0 Å². The summed E-state index contributed by atoms with van der Waals surface area (Å²) in [7, 11) is 0. The Kier molecular flexibility index (Phi) is 4.93. The van der Waals surface area contributed by atoms with Gasteiger partial charge in [-0.3, -0.25) is 14.4 Å². The summed E-state index contributed by atoms with van der Waals surface area (Å²) in [5.41, 5.74) is 4.13. The number of amides is 1. The molecule has 1 amide bonds. The highest BCUT2D eigenvalue weighted by molar-refractivity contribution is 6.00. The summed E-state index contributed by atoms with van der Waals surface area (Å²) in [6.07, 6.45) is 1.16. The molecule has 0 fully saturated rings. The normalized spacial score (nSPS) is 12.9. The fourth-order valence-electron chi connectivity index (χ4n) is 2.71. The van der Waals surface area contributed by atoms with Gasteiger partial charge in [0.1, 0.15) is 0 Å². The molecule has 0 radical (unpaired) electrons. The summed E-state index contributed by atoms with van der Waals surface area (Å²) in [5.74, 6) is -0.698. The van der Waals surface area contributed by atoms with Crippen LogP contribution < -0.4 is 5.32 Å². The third kappa shape index (κ3) is 4.32. The third-order valence-corrected chi connectivity index (χ3v) is 4.16. The molecule has 3 rings (SSSR count). The molecule has 0 bridgehead atoms. The van der Waals surface area contributed by atoms with Gasteiger partial charge in [0, 0.05) is 17.7 Å². The molecule has 0 atom stereocenters. The van der Waals surface area contributed by atoms with E-state index in [2.05, 4.69) is 5.32 Å². The van der Waals surface area contributed by atoms with Crippen molar-refractivity contribution in [3.63, 3.8) is 0 Å². The Hall–Kier alpha value is -2.95. The van der Waals surface area contributed by atoms with Crippen molar-refractivity contribution in [3.8, 4) is 0 Å². The highest BCUT2D eigenvalue weighted by Crippen LogP contribution is 2.23. The van der Waals surface area contributed by atoms with Gasteiger partial charge in [-0.05, 0) is 42.7 Å². The van der Waals surface area contributed by atoms with Crippen LogP contribution in [-0.2, 0) is 27.2 Å².